The Morgan fingerprint density at radius 3 is 1.52 bits per heavy atom. The van der Waals surface area contributed by atoms with Gasteiger partial charge in [0.1, 0.15) is 5.70 Å². The summed E-state index contributed by atoms with van der Waals surface area (Å²) in [6.07, 6.45) is -4.37. The first kappa shape index (κ1) is 19.0. The van der Waals surface area contributed by atoms with Crippen LogP contribution in [0.2, 0.25) is 0 Å². The van der Waals surface area contributed by atoms with Gasteiger partial charge in [-0.3, -0.25) is 4.79 Å². The van der Waals surface area contributed by atoms with Crippen LogP contribution >= 0.6 is 0 Å². The number of hydrogen-bond acceptors (Lipinski definition) is 2. The van der Waals surface area contributed by atoms with Gasteiger partial charge in [0.25, 0.3) is 0 Å². The minimum absolute atomic E-state index is 0.250. The Kier molecular flexibility index (Phi) is 4.97. The molecule has 0 bridgehead atoms. The molecular weight excluding hydrogens is 375 g/mol. The maximum absolute atomic E-state index is 14.3. The van der Waals surface area contributed by atoms with Gasteiger partial charge in [-0.25, -0.2) is 0 Å². The highest BCUT2D eigenvalue weighted by Crippen LogP contribution is 2.60. The maximum Gasteiger partial charge on any atom is 0.431 e. The van der Waals surface area contributed by atoms with Gasteiger partial charge in [0, 0.05) is 5.57 Å². The highest BCUT2D eigenvalue weighted by atomic mass is 19.4. The van der Waals surface area contributed by atoms with E-state index in [1.54, 1.807) is 18.2 Å². The smallest absolute Gasteiger partial charge is 0.348 e. The Balaban J connectivity index is 1.89. The Labute approximate surface area is 166 Å². The number of allylic oxidation sites excluding steroid dienone is 2. The predicted octanol–water partition coefficient (Wildman–Crippen LogP) is 5.96. The normalized spacial score (nSPS) is 19.5. The maximum atomic E-state index is 14.3. The van der Waals surface area contributed by atoms with Crippen molar-refractivity contribution in [1.29, 1.82) is 0 Å². The van der Waals surface area contributed by atoms with Crippen molar-refractivity contribution in [3.8, 4) is 0 Å². The molecule has 29 heavy (non-hydrogen) atoms. The second-order valence-electron chi connectivity index (χ2n) is 6.86. The highest BCUT2D eigenvalue weighted by Gasteiger charge is 2.57. The molecule has 1 fully saturated rings. The minimum Gasteiger partial charge on any atom is -0.348 e. The van der Waals surface area contributed by atoms with Gasteiger partial charge in [-0.2, -0.15) is 13.2 Å². The van der Waals surface area contributed by atoms with E-state index in [-0.39, 0.29) is 11.1 Å². The van der Waals surface area contributed by atoms with E-state index in [0.717, 1.165) is 11.1 Å². The quantitative estimate of drug-likeness (QED) is 0.303. The molecule has 1 aliphatic rings. The summed E-state index contributed by atoms with van der Waals surface area (Å²) in [6, 6.07) is 25.2. The van der Waals surface area contributed by atoms with E-state index >= 15 is 0 Å². The fourth-order valence-electron chi connectivity index (χ4n) is 3.81. The first-order valence-electron chi connectivity index (χ1n) is 9.22. The van der Waals surface area contributed by atoms with E-state index in [2.05, 4.69) is 0 Å². The van der Waals surface area contributed by atoms with Crippen LogP contribution in [0, 0.1) is 0 Å². The molecule has 0 spiro atoms. The molecule has 0 saturated carbocycles. The minimum atomic E-state index is -4.68. The number of alkyl halides is 3. The highest BCUT2D eigenvalue weighted by molar-refractivity contribution is 6.08. The molecule has 2 nitrogen and oxygen atoms in total. The third-order valence-electron chi connectivity index (χ3n) is 5.08. The molecule has 0 unspecified atom stereocenters. The van der Waals surface area contributed by atoms with Crippen molar-refractivity contribution >= 4 is 11.9 Å². The first-order valence-corrected chi connectivity index (χ1v) is 9.22. The second kappa shape index (κ2) is 7.59. The van der Waals surface area contributed by atoms with Crippen LogP contribution < -0.4 is 0 Å². The van der Waals surface area contributed by atoms with Crippen LogP contribution in [0.5, 0.6) is 0 Å². The molecule has 1 saturated heterocycles. The van der Waals surface area contributed by atoms with Gasteiger partial charge in [0.2, 0.25) is 0 Å². The number of nitrogens with zero attached hydrogens (tertiary/aromatic N) is 1. The molecule has 0 amide bonds. The average Bonchev–Trinajstić information content (AvgIpc) is 3.47. The van der Waals surface area contributed by atoms with E-state index in [1.807, 2.05) is 60.7 Å². The summed E-state index contributed by atoms with van der Waals surface area (Å²) in [5, 5.41) is 0. The van der Waals surface area contributed by atoms with Crippen LogP contribution in [0.25, 0.3) is 5.57 Å². The number of aldehydes is 1. The van der Waals surface area contributed by atoms with Crippen LogP contribution in [0.15, 0.2) is 96.7 Å². The summed E-state index contributed by atoms with van der Waals surface area (Å²) >= 11 is 0. The fraction of sp³-hybridized carbons (Fsp3) is 0.125. The molecule has 3 aromatic rings. The average molecular weight is 393 g/mol. The third kappa shape index (κ3) is 3.68. The third-order valence-corrected chi connectivity index (χ3v) is 5.08. The summed E-state index contributed by atoms with van der Waals surface area (Å²) in [6.45, 7) is 0. The molecule has 1 heterocycles. The molecule has 146 valence electrons. The van der Waals surface area contributed by atoms with E-state index in [0.29, 0.717) is 6.29 Å². The zero-order valence-corrected chi connectivity index (χ0v) is 15.4. The first-order chi connectivity index (χ1) is 14.0. The molecule has 3 aromatic carbocycles. The molecule has 1 aliphatic heterocycles. The van der Waals surface area contributed by atoms with Gasteiger partial charge in [0.05, 0.1) is 12.1 Å². The van der Waals surface area contributed by atoms with E-state index in [9.17, 15) is 18.0 Å². The topological polar surface area (TPSA) is 20.1 Å². The van der Waals surface area contributed by atoms with Crippen LogP contribution in [-0.4, -0.2) is 17.4 Å². The zero-order valence-electron chi connectivity index (χ0n) is 15.4. The predicted molar refractivity (Wildman–Crippen MR) is 106 cm³/mol. The molecule has 2 atom stereocenters. The van der Waals surface area contributed by atoms with Gasteiger partial charge in [-0.05, 0) is 16.7 Å². The van der Waals surface area contributed by atoms with Crippen molar-refractivity contribution in [2.24, 2.45) is 0 Å². The van der Waals surface area contributed by atoms with Gasteiger partial charge >= 0.3 is 6.18 Å². The summed E-state index contributed by atoms with van der Waals surface area (Å²) in [5.41, 5.74) is 0.557. The molecule has 0 aromatic heterocycles. The molecule has 0 N–H and O–H groups in total. The van der Waals surface area contributed by atoms with Crippen molar-refractivity contribution in [3.63, 3.8) is 0 Å². The number of carbonyl (C=O) groups excluding carboxylic acids is 1. The monoisotopic (exact) mass is 393 g/mol. The lowest BCUT2D eigenvalue weighted by molar-refractivity contribution is -0.109. The standard InChI is InChI=1S/C24H18F3NO/c25-24(26,27)23(20(16-29)17-10-4-1-5-11-17)28-21(18-12-6-2-7-13-18)22(28)19-14-8-3-9-15-19/h1-16,21-22H/b23-20+/t21-,22+,28?. The summed E-state index contributed by atoms with van der Waals surface area (Å²) < 4.78 is 42.8. The summed E-state index contributed by atoms with van der Waals surface area (Å²) in [4.78, 5) is 13.1. The Bertz CT molecular complexity index is 969. The summed E-state index contributed by atoms with van der Waals surface area (Å²) in [7, 11) is 0. The van der Waals surface area contributed by atoms with Gasteiger partial charge in [-0.1, -0.05) is 91.0 Å². The number of benzene rings is 3. The van der Waals surface area contributed by atoms with Crippen molar-refractivity contribution in [2.75, 3.05) is 0 Å². The lowest BCUT2D eigenvalue weighted by atomic mass is 10.0. The number of carbonyl (C=O) groups is 1. The Morgan fingerprint density at radius 2 is 1.14 bits per heavy atom. The molecule has 0 aliphatic carbocycles. The number of halogens is 3. The SMILES string of the molecule is O=C/C(=C(\N1[C@H](c2ccccc2)[C@@H]1c1ccccc1)C(F)(F)F)c1ccccc1. The van der Waals surface area contributed by atoms with Crippen LogP contribution in [-0.2, 0) is 4.79 Å². The Hall–Kier alpha value is -3.34. The molecular formula is C24H18F3NO. The largest absolute Gasteiger partial charge is 0.431 e. The van der Waals surface area contributed by atoms with E-state index in [4.69, 9.17) is 0 Å². The van der Waals surface area contributed by atoms with Crippen molar-refractivity contribution < 1.29 is 18.0 Å². The lowest BCUT2D eigenvalue weighted by Crippen LogP contribution is -2.22. The Morgan fingerprint density at radius 1 is 0.724 bits per heavy atom. The van der Waals surface area contributed by atoms with Gasteiger partial charge in [0.15, 0.2) is 6.29 Å². The van der Waals surface area contributed by atoms with Crippen LogP contribution in [0.1, 0.15) is 28.8 Å². The van der Waals surface area contributed by atoms with Crippen molar-refractivity contribution in [3.05, 3.63) is 113 Å². The second-order valence-corrected chi connectivity index (χ2v) is 6.86. The van der Waals surface area contributed by atoms with Crippen molar-refractivity contribution in [1.82, 2.24) is 4.90 Å². The van der Waals surface area contributed by atoms with Gasteiger partial charge < -0.3 is 4.90 Å². The summed E-state index contributed by atoms with van der Waals surface area (Å²) in [5.74, 6) is 0. The number of rotatable bonds is 5. The lowest BCUT2D eigenvalue weighted by Gasteiger charge is -2.19. The fourth-order valence-corrected chi connectivity index (χ4v) is 3.81. The van der Waals surface area contributed by atoms with Crippen LogP contribution in [0.3, 0.4) is 0 Å². The van der Waals surface area contributed by atoms with E-state index < -0.39 is 24.0 Å². The molecule has 0 radical (unpaired) electrons. The molecule has 4 rings (SSSR count). The number of hydrogen-bond donors (Lipinski definition) is 0. The van der Waals surface area contributed by atoms with Gasteiger partial charge in [-0.15, -0.1) is 0 Å². The molecule has 5 heteroatoms. The van der Waals surface area contributed by atoms with E-state index in [1.165, 1.54) is 17.0 Å². The van der Waals surface area contributed by atoms with Crippen LogP contribution in [0.4, 0.5) is 13.2 Å². The zero-order chi connectivity index (χ0) is 20.4. The van der Waals surface area contributed by atoms with Crippen molar-refractivity contribution in [2.45, 2.75) is 18.3 Å².